The van der Waals surface area contributed by atoms with E-state index in [1.807, 2.05) is 30.5 Å². The summed E-state index contributed by atoms with van der Waals surface area (Å²) < 4.78 is 13.5. The third-order valence-corrected chi connectivity index (χ3v) is 4.08. The van der Waals surface area contributed by atoms with Crippen LogP contribution in [-0.2, 0) is 6.54 Å². The number of hydrogen-bond donors (Lipinski definition) is 3. The zero-order chi connectivity index (χ0) is 16.7. The van der Waals surface area contributed by atoms with Crippen molar-refractivity contribution >= 4 is 17.8 Å². The van der Waals surface area contributed by atoms with Gasteiger partial charge in [-0.25, -0.2) is 9.18 Å². The van der Waals surface area contributed by atoms with Crippen LogP contribution in [0.15, 0.2) is 53.4 Å². The predicted octanol–water partition coefficient (Wildman–Crippen LogP) is 3.08. The third-order valence-electron chi connectivity index (χ3n) is 3.33. The monoisotopic (exact) mass is 334 g/mol. The highest BCUT2D eigenvalue weighted by atomic mass is 32.2. The highest BCUT2D eigenvalue weighted by Crippen LogP contribution is 2.16. The zero-order valence-corrected chi connectivity index (χ0v) is 13.6. The third kappa shape index (κ3) is 5.26. The molecular weight excluding hydrogens is 315 g/mol. The summed E-state index contributed by atoms with van der Waals surface area (Å²) in [5, 5.41) is 15.1. The lowest BCUT2D eigenvalue weighted by molar-refractivity contribution is 0.169. The molecule has 2 amide bonds. The van der Waals surface area contributed by atoms with Gasteiger partial charge in [0.1, 0.15) is 5.82 Å². The SMILES string of the molecule is CSc1ccc(CNC(=O)NCC(O)c2ccccc2F)cc1. The highest BCUT2D eigenvalue weighted by molar-refractivity contribution is 7.98. The van der Waals surface area contributed by atoms with Crippen molar-refractivity contribution in [1.29, 1.82) is 0 Å². The lowest BCUT2D eigenvalue weighted by atomic mass is 10.1. The summed E-state index contributed by atoms with van der Waals surface area (Å²) in [5.41, 5.74) is 1.15. The van der Waals surface area contributed by atoms with Gasteiger partial charge < -0.3 is 15.7 Å². The second-order valence-corrected chi connectivity index (χ2v) is 5.83. The van der Waals surface area contributed by atoms with Gasteiger partial charge in [-0.3, -0.25) is 0 Å². The van der Waals surface area contributed by atoms with Gasteiger partial charge in [0.2, 0.25) is 0 Å². The molecule has 2 rings (SSSR count). The number of carbonyl (C=O) groups excluding carboxylic acids is 1. The summed E-state index contributed by atoms with van der Waals surface area (Å²) in [6.07, 6.45) is 0.921. The van der Waals surface area contributed by atoms with Gasteiger partial charge in [0, 0.05) is 23.5 Å². The number of aliphatic hydroxyl groups is 1. The van der Waals surface area contributed by atoms with Crippen LogP contribution in [0.1, 0.15) is 17.2 Å². The van der Waals surface area contributed by atoms with E-state index in [-0.39, 0.29) is 12.1 Å². The van der Waals surface area contributed by atoms with E-state index in [0.29, 0.717) is 6.54 Å². The van der Waals surface area contributed by atoms with E-state index in [0.717, 1.165) is 10.5 Å². The van der Waals surface area contributed by atoms with E-state index < -0.39 is 18.0 Å². The van der Waals surface area contributed by atoms with Gasteiger partial charge in [-0.15, -0.1) is 11.8 Å². The van der Waals surface area contributed by atoms with Crippen LogP contribution in [0.5, 0.6) is 0 Å². The number of thioether (sulfide) groups is 1. The number of urea groups is 1. The molecule has 23 heavy (non-hydrogen) atoms. The molecule has 0 heterocycles. The Labute approximate surface area is 139 Å². The average Bonchev–Trinajstić information content (AvgIpc) is 2.58. The Bertz CT molecular complexity index is 649. The van der Waals surface area contributed by atoms with Crippen LogP contribution in [0.2, 0.25) is 0 Å². The van der Waals surface area contributed by atoms with Crippen LogP contribution in [0, 0.1) is 5.82 Å². The molecule has 0 saturated heterocycles. The predicted molar refractivity (Wildman–Crippen MR) is 89.8 cm³/mol. The number of hydrogen-bond acceptors (Lipinski definition) is 3. The second kappa shape index (κ2) is 8.55. The maximum atomic E-state index is 13.5. The molecule has 0 radical (unpaired) electrons. The van der Waals surface area contributed by atoms with Crippen LogP contribution in [0.25, 0.3) is 0 Å². The standard InChI is InChI=1S/C17H19FN2O2S/c1-23-13-8-6-12(7-9-13)10-19-17(22)20-11-16(21)14-4-2-3-5-15(14)18/h2-9,16,21H,10-11H2,1H3,(H2,19,20,22). The molecule has 0 aliphatic heterocycles. The first kappa shape index (κ1) is 17.3. The first-order chi connectivity index (χ1) is 11.1. The number of benzene rings is 2. The molecule has 4 nitrogen and oxygen atoms in total. The molecule has 122 valence electrons. The fourth-order valence-corrected chi connectivity index (χ4v) is 2.44. The molecule has 0 aliphatic rings. The first-order valence-corrected chi connectivity index (χ1v) is 8.39. The molecule has 0 saturated carbocycles. The molecule has 3 N–H and O–H groups in total. The average molecular weight is 334 g/mol. The second-order valence-electron chi connectivity index (χ2n) is 4.95. The quantitative estimate of drug-likeness (QED) is 0.712. The van der Waals surface area contributed by atoms with Crippen molar-refractivity contribution in [2.24, 2.45) is 0 Å². The molecule has 2 aromatic carbocycles. The molecule has 0 aliphatic carbocycles. The molecule has 0 bridgehead atoms. The first-order valence-electron chi connectivity index (χ1n) is 7.17. The van der Waals surface area contributed by atoms with Crippen molar-refractivity contribution in [3.05, 3.63) is 65.5 Å². The topological polar surface area (TPSA) is 61.4 Å². The molecule has 2 aromatic rings. The van der Waals surface area contributed by atoms with Crippen LogP contribution in [0.3, 0.4) is 0 Å². The van der Waals surface area contributed by atoms with Gasteiger partial charge in [0.15, 0.2) is 0 Å². The Balaban J connectivity index is 1.77. The minimum Gasteiger partial charge on any atom is -0.386 e. The Hall–Kier alpha value is -2.05. The number of halogens is 1. The van der Waals surface area contributed by atoms with Gasteiger partial charge in [0.25, 0.3) is 0 Å². The summed E-state index contributed by atoms with van der Waals surface area (Å²) in [6.45, 7) is 0.328. The molecule has 0 aromatic heterocycles. The summed E-state index contributed by atoms with van der Waals surface area (Å²) in [7, 11) is 0. The minimum absolute atomic E-state index is 0.0574. The summed E-state index contributed by atoms with van der Waals surface area (Å²) in [5.74, 6) is -0.490. The van der Waals surface area contributed by atoms with Crippen LogP contribution in [-0.4, -0.2) is 23.9 Å². The lowest BCUT2D eigenvalue weighted by Gasteiger charge is -2.13. The van der Waals surface area contributed by atoms with E-state index in [1.54, 1.807) is 23.9 Å². The van der Waals surface area contributed by atoms with Gasteiger partial charge in [-0.05, 0) is 30.0 Å². The summed E-state index contributed by atoms with van der Waals surface area (Å²) in [4.78, 5) is 12.9. The van der Waals surface area contributed by atoms with Crippen molar-refractivity contribution in [3.8, 4) is 0 Å². The fraction of sp³-hybridized carbons (Fsp3) is 0.235. The summed E-state index contributed by atoms with van der Waals surface area (Å²) >= 11 is 1.65. The Kier molecular flexibility index (Phi) is 6.43. The molecule has 6 heteroatoms. The minimum atomic E-state index is -1.08. The van der Waals surface area contributed by atoms with Crippen LogP contribution >= 0.6 is 11.8 Å². The Morgan fingerprint density at radius 3 is 2.52 bits per heavy atom. The van der Waals surface area contributed by atoms with E-state index in [9.17, 15) is 14.3 Å². The smallest absolute Gasteiger partial charge is 0.315 e. The van der Waals surface area contributed by atoms with Crippen molar-refractivity contribution in [2.75, 3.05) is 12.8 Å². The number of nitrogens with one attached hydrogen (secondary N) is 2. The van der Waals surface area contributed by atoms with Crippen molar-refractivity contribution in [3.63, 3.8) is 0 Å². The molecule has 0 spiro atoms. The van der Waals surface area contributed by atoms with E-state index in [1.165, 1.54) is 12.1 Å². The van der Waals surface area contributed by atoms with Crippen molar-refractivity contribution in [2.45, 2.75) is 17.5 Å². The molecule has 1 atom stereocenters. The molecule has 0 fully saturated rings. The maximum Gasteiger partial charge on any atom is 0.315 e. The van der Waals surface area contributed by atoms with E-state index in [2.05, 4.69) is 10.6 Å². The summed E-state index contributed by atoms with van der Waals surface area (Å²) in [6, 6.07) is 13.4. The van der Waals surface area contributed by atoms with Crippen molar-refractivity contribution in [1.82, 2.24) is 10.6 Å². The Morgan fingerprint density at radius 1 is 1.17 bits per heavy atom. The normalized spacial score (nSPS) is 11.8. The highest BCUT2D eigenvalue weighted by Gasteiger charge is 2.13. The van der Waals surface area contributed by atoms with Gasteiger partial charge in [0.05, 0.1) is 6.10 Å². The number of rotatable bonds is 6. The van der Waals surface area contributed by atoms with Gasteiger partial charge in [-0.2, -0.15) is 0 Å². The maximum absolute atomic E-state index is 13.5. The van der Waals surface area contributed by atoms with Crippen LogP contribution < -0.4 is 10.6 Å². The fourth-order valence-electron chi connectivity index (χ4n) is 2.03. The van der Waals surface area contributed by atoms with Crippen LogP contribution in [0.4, 0.5) is 9.18 Å². The van der Waals surface area contributed by atoms with Gasteiger partial charge >= 0.3 is 6.03 Å². The number of amides is 2. The van der Waals surface area contributed by atoms with E-state index >= 15 is 0 Å². The number of aliphatic hydroxyl groups excluding tert-OH is 1. The van der Waals surface area contributed by atoms with Crippen molar-refractivity contribution < 1.29 is 14.3 Å². The molecular formula is C17H19FN2O2S. The molecule has 1 unspecified atom stereocenters. The van der Waals surface area contributed by atoms with Gasteiger partial charge in [-0.1, -0.05) is 30.3 Å². The van der Waals surface area contributed by atoms with E-state index in [4.69, 9.17) is 0 Å². The zero-order valence-electron chi connectivity index (χ0n) is 12.8. The number of carbonyl (C=O) groups is 1. The Morgan fingerprint density at radius 2 is 1.87 bits per heavy atom. The lowest BCUT2D eigenvalue weighted by Crippen LogP contribution is -2.37. The largest absolute Gasteiger partial charge is 0.386 e.